The third-order valence-corrected chi connectivity index (χ3v) is 4.76. The van der Waals surface area contributed by atoms with E-state index in [0.29, 0.717) is 23.7 Å². The van der Waals surface area contributed by atoms with E-state index in [1.165, 1.54) is 15.9 Å². The van der Waals surface area contributed by atoms with E-state index in [9.17, 15) is 18.4 Å². The van der Waals surface area contributed by atoms with Crippen molar-refractivity contribution in [3.05, 3.63) is 84.4 Å². The van der Waals surface area contributed by atoms with Crippen molar-refractivity contribution in [2.75, 3.05) is 29.9 Å². The van der Waals surface area contributed by atoms with Gasteiger partial charge in [0.15, 0.2) is 11.6 Å². The van der Waals surface area contributed by atoms with Crippen LogP contribution in [0.3, 0.4) is 0 Å². The number of hydrogen-bond acceptors (Lipinski definition) is 3. The predicted molar refractivity (Wildman–Crippen MR) is 112 cm³/mol. The van der Waals surface area contributed by atoms with Crippen LogP contribution < -0.4 is 15.0 Å². The van der Waals surface area contributed by atoms with Gasteiger partial charge < -0.3 is 15.0 Å². The minimum Gasteiger partial charge on any atom is -0.457 e. The highest BCUT2D eigenvalue weighted by Gasteiger charge is 2.31. The molecule has 0 spiro atoms. The van der Waals surface area contributed by atoms with Crippen LogP contribution in [-0.2, 0) is 4.79 Å². The molecule has 158 valence electrons. The molecule has 0 saturated carbocycles. The Kier molecular flexibility index (Phi) is 5.79. The van der Waals surface area contributed by atoms with Gasteiger partial charge in [-0.1, -0.05) is 18.2 Å². The van der Waals surface area contributed by atoms with Gasteiger partial charge in [0.2, 0.25) is 5.91 Å². The molecule has 3 aromatic rings. The quantitative estimate of drug-likeness (QED) is 0.629. The molecule has 1 N–H and O–H groups in total. The zero-order chi connectivity index (χ0) is 21.8. The van der Waals surface area contributed by atoms with Gasteiger partial charge in [-0.15, -0.1) is 0 Å². The van der Waals surface area contributed by atoms with Crippen LogP contribution in [0.4, 0.5) is 25.0 Å². The average Bonchev–Trinajstić information content (AvgIpc) is 3.12. The van der Waals surface area contributed by atoms with Crippen molar-refractivity contribution in [1.29, 1.82) is 0 Å². The lowest BCUT2D eigenvalue weighted by Gasteiger charge is -2.18. The van der Waals surface area contributed by atoms with Crippen LogP contribution in [0.25, 0.3) is 0 Å². The number of benzene rings is 3. The third kappa shape index (κ3) is 4.80. The largest absolute Gasteiger partial charge is 0.457 e. The zero-order valence-corrected chi connectivity index (χ0v) is 16.4. The van der Waals surface area contributed by atoms with Crippen molar-refractivity contribution >= 4 is 23.3 Å². The lowest BCUT2D eigenvalue weighted by molar-refractivity contribution is -0.116. The summed E-state index contributed by atoms with van der Waals surface area (Å²) in [5.41, 5.74) is 0.815. The van der Waals surface area contributed by atoms with Crippen molar-refractivity contribution < 1.29 is 23.1 Å². The summed E-state index contributed by atoms with van der Waals surface area (Å²) in [6, 6.07) is 19.0. The van der Waals surface area contributed by atoms with Crippen LogP contribution in [0.2, 0.25) is 0 Å². The van der Waals surface area contributed by atoms with E-state index in [1.54, 1.807) is 24.3 Å². The number of anilines is 2. The summed E-state index contributed by atoms with van der Waals surface area (Å²) in [5, 5.41) is 2.74. The van der Waals surface area contributed by atoms with Crippen LogP contribution in [0.5, 0.6) is 11.5 Å². The molecule has 1 aliphatic rings. The Balaban J connectivity index is 1.32. The van der Waals surface area contributed by atoms with E-state index in [4.69, 9.17) is 4.74 Å². The summed E-state index contributed by atoms with van der Waals surface area (Å²) < 4.78 is 32.3. The van der Waals surface area contributed by atoms with Crippen LogP contribution >= 0.6 is 0 Å². The molecule has 0 unspecified atom stereocenters. The molecule has 1 aliphatic heterocycles. The lowest BCUT2D eigenvalue weighted by Crippen LogP contribution is -2.37. The summed E-state index contributed by atoms with van der Waals surface area (Å²) in [7, 11) is 0. The van der Waals surface area contributed by atoms with Crippen molar-refractivity contribution in [2.24, 2.45) is 0 Å². The molecule has 4 rings (SSSR count). The minimum absolute atomic E-state index is 0.152. The monoisotopic (exact) mass is 423 g/mol. The summed E-state index contributed by atoms with van der Waals surface area (Å²) in [4.78, 5) is 27.6. The molecule has 31 heavy (non-hydrogen) atoms. The second-order valence-electron chi connectivity index (χ2n) is 6.94. The number of hydrogen-bond donors (Lipinski definition) is 1. The van der Waals surface area contributed by atoms with E-state index < -0.39 is 17.7 Å². The Bertz CT molecular complexity index is 1090. The normalized spacial score (nSPS) is 13.4. The number of urea groups is 1. The second-order valence-corrected chi connectivity index (χ2v) is 6.94. The molecule has 0 atom stereocenters. The number of nitrogens with one attached hydrogen (secondary N) is 1. The third-order valence-electron chi connectivity index (χ3n) is 4.76. The summed E-state index contributed by atoms with van der Waals surface area (Å²) >= 11 is 0. The van der Waals surface area contributed by atoms with Crippen molar-refractivity contribution in [3.8, 4) is 11.5 Å². The molecule has 6 nitrogen and oxygen atoms in total. The first-order chi connectivity index (χ1) is 15.0. The maximum absolute atomic E-state index is 13.5. The fraction of sp³-hybridized carbons (Fsp3) is 0.130. The number of carbonyl (C=O) groups excluding carboxylic acids is 2. The molecule has 1 saturated heterocycles. The number of para-hydroxylation sites is 1. The fourth-order valence-electron chi connectivity index (χ4n) is 3.23. The Hall–Kier alpha value is -3.94. The topological polar surface area (TPSA) is 61.9 Å². The van der Waals surface area contributed by atoms with E-state index in [0.717, 1.165) is 12.1 Å². The average molecular weight is 423 g/mol. The molecule has 8 heteroatoms. The van der Waals surface area contributed by atoms with Crippen LogP contribution in [-0.4, -0.2) is 36.5 Å². The summed E-state index contributed by atoms with van der Waals surface area (Å²) in [5.74, 6) is -1.04. The highest BCUT2D eigenvalue weighted by atomic mass is 19.2. The van der Waals surface area contributed by atoms with E-state index in [2.05, 4.69) is 5.32 Å². The Morgan fingerprint density at radius 3 is 2.32 bits per heavy atom. The smallest absolute Gasteiger partial charge is 0.325 e. The highest BCUT2D eigenvalue weighted by Crippen LogP contribution is 2.24. The summed E-state index contributed by atoms with van der Waals surface area (Å²) in [6.07, 6.45) is 0. The maximum atomic E-state index is 13.5. The van der Waals surface area contributed by atoms with Gasteiger partial charge in [-0.3, -0.25) is 9.69 Å². The van der Waals surface area contributed by atoms with Crippen LogP contribution in [0.1, 0.15) is 0 Å². The first-order valence-electron chi connectivity index (χ1n) is 9.64. The van der Waals surface area contributed by atoms with Gasteiger partial charge in [0.1, 0.15) is 18.0 Å². The molecule has 0 radical (unpaired) electrons. The van der Waals surface area contributed by atoms with Gasteiger partial charge in [-0.2, -0.15) is 0 Å². The van der Waals surface area contributed by atoms with Gasteiger partial charge in [0.05, 0.1) is 0 Å². The SMILES string of the molecule is O=C(CN1CCN(c2ccc(F)c(F)c2)C1=O)Nc1ccc(Oc2ccccc2)cc1. The van der Waals surface area contributed by atoms with Crippen molar-refractivity contribution in [2.45, 2.75) is 0 Å². The Labute approximate surface area is 177 Å². The molecule has 0 bridgehead atoms. The molecule has 1 heterocycles. The first-order valence-corrected chi connectivity index (χ1v) is 9.64. The van der Waals surface area contributed by atoms with Crippen LogP contribution in [0, 0.1) is 11.6 Å². The maximum Gasteiger partial charge on any atom is 0.325 e. The lowest BCUT2D eigenvalue weighted by atomic mass is 10.3. The van der Waals surface area contributed by atoms with Gasteiger partial charge in [0.25, 0.3) is 0 Å². The molecule has 3 amide bonds. The van der Waals surface area contributed by atoms with Crippen molar-refractivity contribution in [1.82, 2.24) is 4.90 Å². The molecule has 1 fully saturated rings. The standard InChI is InChI=1S/C23H19F2N3O3/c24-20-11-8-17(14-21(20)25)28-13-12-27(23(28)30)15-22(29)26-16-6-9-19(10-7-16)31-18-4-2-1-3-5-18/h1-11,14H,12-13,15H2,(H,26,29). The van der Waals surface area contributed by atoms with Gasteiger partial charge in [0, 0.05) is 30.5 Å². The van der Waals surface area contributed by atoms with E-state index in [1.807, 2.05) is 30.3 Å². The van der Waals surface area contributed by atoms with Gasteiger partial charge in [-0.25, -0.2) is 13.6 Å². The fourth-order valence-corrected chi connectivity index (χ4v) is 3.23. The van der Waals surface area contributed by atoms with E-state index >= 15 is 0 Å². The predicted octanol–water partition coefficient (Wildman–Crippen LogP) is 4.64. The molecule has 0 aromatic heterocycles. The minimum atomic E-state index is -1.03. The van der Waals surface area contributed by atoms with Gasteiger partial charge in [-0.05, 0) is 48.5 Å². The zero-order valence-electron chi connectivity index (χ0n) is 16.4. The number of nitrogens with zero attached hydrogens (tertiary/aromatic N) is 2. The molecule has 0 aliphatic carbocycles. The number of carbonyl (C=O) groups is 2. The van der Waals surface area contributed by atoms with Crippen molar-refractivity contribution in [3.63, 3.8) is 0 Å². The van der Waals surface area contributed by atoms with Crippen LogP contribution in [0.15, 0.2) is 72.8 Å². The molecule has 3 aromatic carbocycles. The highest BCUT2D eigenvalue weighted by molar-refractivity contribution is 5.99. The number of amides is 3. The second kappa shape index (κ2) is 8.83. The molecular formula is C23H19F2N3O3. The summed E-state index contributed by atoms with van der Waals surface area (Å²) in [6.45, 7) is 0.430. The first kappa shape index (κ1) is 20.3. The number of ether oxygens (including phenoxy) is 1. The van der Waals surface area contributed by atoms with E-state index in [-0.39, 0.29) is 24.7 Å². The number of halogens is 2. The molecular weight excluding hydrogens is 404 g/mol. The Morgan fingerprint density at radius 2 is 1.61 bits per heavy atom. The number of rotatable bonds is 6. The Morgan fingerprint density at radius 1 is 0.903 bits per heavy atom. The van der Waals surface area contributed by atoms with Gasteiger partial charge >= 0.3 is 6.03 Å².